The molecule has 13 heavy (non-hydrogen) atoms. The van der Waals surface area contributed by atoms with Gasteiger partial charge in [-0.05, 0) is 18.3 Å². The highest BCUT2D eigenvalue weighted by atomic mass is 16.1. The van der Waals surface area contributed by atoms with Gasteiger partial charge in [0.1, 0.15) is 0 Å². The van der Waals surface area contributed by atoms with Crippen LogP contribution in [0.2, 0.25) is 0 Å². The molecule has 1 amide bonds. The van der Waals surface area contributed by atoms with Crippen molar-refractivity contribution in [2.24, 2.45) is 17.8 Å². The van der Waals surface area contributed by atoms with Gasteiger partial charge in [-0.15, -0.1) is 0 Å². The molecule has 0 aromatic heterocycles. The number of carbonyl (C=O) groups excluding carboxylic acids is 1. The van der Waals surface area contributed by atoms with E-state index in [2.05, 4.69) is 39.9 Å². The third-order valence-electron chi connectivity index (χ3n) is 2.27. The zero-order chi connectivity index (χ0) is 10.4. The number of hydrogen-bond donors (Lipinski definition) is 1. The Morgan fingerprint density at radius 1 is 1.23 bits per heavy atom. The van der Waals surface area contributed by atoms with Gasteiger partial charge in [0.2, 0.25) is 5.91 Å². The summed E-state index contributed by atoms with van der Waals surface area (Å²) in [5, 5.41) is 2.98. The topological polar surface area (TPSA) is 29.1 Å². The SMILES string of the molecule is CCC(C(=O)NCC(C)C)C(C)C. The predicted molar refractivity (Wildman–Crippen MR) is 56.5 cm³/mol. The molecule has 0 aliphatic heterocycles. The fourth-order valence-corrected chi connectivity index (χ4v) is 1.40. The highest BCUT2D eigenvalue weighted by Gasteiger charge is 2.19. The van der Waals surface area contributed by atoms with Gasteiger partial charge < -0.3 is 5.32 Å². The van der Waals surface area contributed by atoms with E-state index >= 15 is 0 Å². The first-order valence-corrected chi connectivity index (χ1v) is 5.26. The summed E-state index contributed by atoms with van der Waals surface area (Å²) in [7, 11) is 0. The van der Waals surface area contributed by atoms with Crippen LogP contribution in [0.15, 0.2) is 0 Å². The molecule has 1 unspecified atom stereocenters. The second kappa shape index (κ2) is 6.01. The Morgan fingerprint density at radius 2 is 1.77 bits per heavy atom. The van der Waals surface area contributed by atoms with Crippen LogP contribution in [0.1, 0.15) is 41.0 Å². The predicted octanol–water partition coefficient (Wildman–Crippen LogP) is 2.44. The molecule has 0 rings (SSSR count). The third kappa shape index (κ3) is 4.91. The molecular weight excluding hydrogens is 162 g/mol. The van der Waals surface area contributed by atoms with Gasteiger partial charge in [0.25, 0.3) is 0 Å². The van der Waals surface area contributed by atoms with Gasteiger partial charge in [-0.3, -0.25) is 4.79 Å². The summed E-state index contributed by atoms with van der Waals surface area (Å²) in [4.78, 5) is 11.6. The smallest absolute Gasteiger partial charge is 0.223 e. The van der Waals surface area contributed by atoms with Crippen molar-refractivity contribution < 1.29 is 4.79 Å². The van der Waals surface area contributed by atoms with Gasteiger partial charge in [-0.2, -0.15) is 0 Å². The van der Waals surface area contributed by atoms with Crippen LogP contribution < -0.4 is 5.32 Å². The van der Waals surface area contributed by atoms with Crippen molar-refractivity contribution in [1.82, 2.24) is 5.32 Å². The molecule has 0 fully saturated rings. The Balaban J connectivity index is 3.92. The number of carbonyl (C=O) groups is 1. The summed E-state index contributed by atoms with van der Waals surface area (Å²) in [5.74, 6) is 1.37. The Kier molecular flexibility index (Phi) is 5.76. The molecule has 0 saturated carbocycles. The van der Waals surface area contributed by atoms with Crippen LogP contribution in [-0.4, -0.2) is 12.5 Å². The van der Waals surface area contributed by atoms with E-state index in [1.807, 2.05) is 0 Å². The molecule has 1 atom stereocenters. The maximum Gasteiger partial charge on any atom is 0.223 e. The first kappa shape index (κ1) is 12.5. The van der Waals surface area contributed by atoms with Crippen LogP contribution in [0.4, 0.5) is 0 Å². The van der Waals surface area contributed by atoms with Crippen molar-refractivity contribution in [1.29, 1.82) is 0 Å². The van der Waals surface area contributed by atoms with E-state index in [1.165, 1.54) is 0 Å². The Morgan fingerprint density at radius 3 is 2.08 bits per heavy atom. The van der Waals surface area contributed by atoms with Gasteiger partial charge in [-0.25, -0.2) is 0 Å². The van der Waals surface area contributed by atoms with E-state index in [1.54, 1.807) is 0 Å². The summed E-state index contributed by atoms with van der Waals surface area (Å²) in [5.41, 5.74) is 0. The Hall–Kier alpha value is -0.530. The molecule has 2 heteroatoms. The molecule has 0 bridgehead atoms. The van der Waals surface area contributed by atoms with E-state index in [-0.39, 0.29) is 11.8 Å². The van der Waals surface area contributed by atoms with Crippen LogP contribution in [0.5, 0.6) is 0 Å². The second-order valence-corrected chi connectivity index (χ2v) is 4.40. The number of rotatable bonds is 5. The fraction of sp³-hybridized carbons (Fsp3) is 0.909. The minimum Gasteiger partial charge on any atom is -0.356 e. The van der Waals surface area contributed by atoms with Crippen LogP contribution in [0.25, 0.3) is 0 Å². The van der Waals surface area contributed by atoms with E-state index in [0.717, 1.165) is 13.0 Å². The molecular formula is C11H23NO. The van der Waals surface area contributed by atoms with Crippen molar-refractivity contribution >= 4 is 5.91 Å². The van der Waals surface area contributed by atoms with E-state index < -0.39 is 0 Å². The lowest BCUT2D eigenvalue weighted by molar-refractivity contribution is -0.126. The normalized spacial score (nSPS) is 13.5. The molecule has 0 aliphatic carbocycles. The molecule has 0 aliphatic rings. The summed E-state index contributed by atoms with van der Waals surface area (Å²) in [6, 6.07) is 0. The lowest BCUT2D eigenvalue weighted by Crippen LogP contribution is -2.35. The van der Waals surface area contributed by atoms with E-state index in [4.69, 9.17) is 0 Å². The van der Waals surface area contributed by atoms with Crippen LogP contribution in [0, 0.1) is 17.8 Å². The summed E-state index contributed by atoms with van der Waals surface area (Å²) in [6.45, 7) is 11.3. The number of hydrogen-bond acceptors (Lipinski definition) is 1. The van der Waals surface area contributed by atoms with Crippen LogP contribution in [-0.2, 0) is 4.79 Å². The maximum atomic E-state index is 11.6. The molecule has 0 spiro atoms. The summed E-state index contributed by atoms with van der Waals surface area (Å²) < 4.78 is 0. The van der Waals surface area contributed by atoms with Gasteiger partial charge in [0.05, 0.1) is 0 Å². The minimum atomic E-state index is 0.179. The molecule has 0 saturated heterocycles. The van der Waals surface area contributed by atoms with Crippen molar-refractivity contribution in [2.45, 2.75) is 41.0 Å². The average Bonchev–Trinajstić information content (AvgIpc) is 2.01. The lowest BCUT2D eigenvalue weighted by Gasteiger charge is -2.19. The minimum absolute atomic E-state index is 0.179. The largest absolute Gasteiger partial charge is 0.356 e. The molecule has 0 aromatic rings. The first-order chi connectivity index (χ1) is 5.99. The highest BCUT2D eigenvalue weighted by Crippen LogP contribution is 2.14. The molecule has 0 heterocycles. The molecule has 2 nitrogen and oxygen atoms in total. The monoisotopic (exact) mass is 185 g/mol. The Labute approximate surface area is 82.1 Å². The third-order valence-corrected chi connectivity index (χ3v) is 2.27. The number of nitrogens with one attached hydrogen (secondary N) is 1. The second-order valence-electron chi connectivity index (χ2n) is 4.40. The maximum absolute atomic E-state index is 11.6. The van der Waals surface area contributed by atoms with Gasteiger partial charge in [-0.1, -0.05) is 34.6 Å². The molecule has 0 radical (unpaired) electrons. The van der Waals surface area contributed by atoms with Crippen LogP contribution >= 0.6 is 0 Å². The molecule has 78 valence electrons. The average molecular weight is 185 g/mol. The zero-order valence-corrected chi connectivity index (χ0v) is 9.55. The van der Waals surface area contributed by atoms with Gasteiger partial charge >= 0.3 is 0 Å². The standard InChI is InChI=1S/C11H23NO/c1-6-10(9(4)5)11(13)12-7-8(2)3/h8-10H,6-7H2,1-5H3,(H,12,13). The Bertz CT molecular complexity index is 152. The van der Waals surface area contributed by atoms with Gasteiger partial charge in [0.15, 0.2) is 0 Å². The van der Waals surface area contributed by atoms with Crippen molar-refractivity contribution in [3.63, 3.8) is 0 Å². The highest BCUT2D eigenvalue weighted by molar-refractivity contribution is 5.78. The van der Waals surface area contributed by atoms with Gasteiger partial charge in [0, 0.05) is 12.5 Å². The fourth-order valence-electron chi connectivity index (χ4n) is 1.40. The summed E-state index contributed by atoms with van der Waals surface area (Å²) >= 11 is 0. The first-order valence-electron chi connectivity index (χ1n) is 5.26. The van der Waals surface area contributed by atoms with E-state index in [9.17, 15) is 4.79 Å². The van der Waals surface area contributed by atoms with Crippen LogP contribution in [0.3, 0.4) is 0 Å². The van der Waals surface area contributed by atoms with Crippen molar-refractivity contribution in [3.05, 3.63) is 0 Å². The van der Waals surface area contributed by atoms with E-state index in [0.29, 0.717) is 11.8 Å². The van der Waals surface area contributed by atoms with Crippen molar-refractivity contribution in [2.75, 3.05) is 6.54 Å². The van der Waals surface area contributed by atoms with Crippen molar-refractivity contribution in [3.8, 4) is 0 Å². The molecule has 0 aromatic carbocycles. The lowest BCUT2D eigenvalue weighted by atomic mass is 9.92. The quantitative estimate of drug-likeness (QED) is 0.700. The summed E-state index contributed by atoms with van der Waals surface area (Å²) in [6.07, 6.45) is 0.932. The number of amides is 1. The molecule has 1 N–H and O–H groups in total. The zero-order valence-electron chi connectivity index (χ0n) is 9.55.